The van der Waals surface area contributed by atoms with Crippen molar-refractivity contribution < 1.29 is 24.0 Å². The van der Waals surface area contributed by atoms with E-state index in [0.717, 1.165) is 11.1 Å². The molecule has 8 heteroatoms. The number of esters is 1. The summed E-state index contributed by atoms with van der Waals surface area (Å²) in [7, 11) is 0. The average molecular weight is 406 g/mol. The smallest absolute Gasteiger partial charge is 0.344 e. The fourth-order valence-corrected chi connectivity index (χ4v) is 2.70. The van der Waals surface area contributed by atoms with E-state index in [0.29, 0.717) is 5.75 Å². The normalized spacial score (nSPS) is 10.1. The zero-order chi connectivity index (χ0) is 21.3. The van der Waals surface area contributed by atoms with Gasteiger partial charge in [-0.1, -0.05) is 60.7 Å². The molecule has 0 aliphatic rings. The van der Waals surface area contributed by atoms with Crippen molar-refractivity contribution in [1.82, 2.24) is 0 Å². The lowest BCUT2D eigenvalue weighted by atomic mass is 10.1. The van der Waals surface area contributed by atoms with Crippen LogP contribution in [0.15, 0.2) is 78.9 Å². The van der Waals surface area contributed by atoms with Crippen molar-refractivity contribution in [2.24, 2.45) is 0 Å². The molecule has 152 valence electrons. The zero-order valence-corrected chi connectivity index (χ0v) is 15.8. The molecule has 1 N–H and O–H groups in total. The molecule has 0 unspecified atom stereocenters. The first-order valence-corrected chi connectivity index (χ1v) is 9.01. The van der Waals surface area contributed by atoms with Crippen molar-refractivity contribution in [1.29, 1.82) is 0 Å². The summed E-state index contributed by atoms with van der Waals surface area (Å²) in [5.41, 5.74) is 1.53. The number of hydrogen-bond donors (Lipinski definition) is 1. The maximum Gasteiger partial charge on any atom is 0.344 e. The molecule has 0 fully saturated rings. The number of ether oxygens (including phenoxy) is 2. The highest BCUT2D eigenvalue weighted by molar-refractivity contribution is 5.94. The van der Waals surface area contributed by atoms with Crippen LogP contribution in [-0.4, -0.2) is 30.0 Å². The van der Waals surface area contributed by atoms with Gasteiger partial charge in [-0.15, -0.1) is 0 Å². The minimum absolute atomic E-state index is 0.0246. The van der Waals surface area contributed by atoms with Crippen molar-refractivity contribution in [2.75, 3.05) is 18.5 Å². The standard InChI is InChI=1S/C22H18N2O6/c25-21(23-18-11-5-6-12-19(18)24(27)28)14-30-22(26)15-29-20-13-7-4-10-17(20)16-8-2-1-3-9-16/h1-13H,14-15H2,(H,23,25). The lowest BCUT2D eigenvalue weighted by Gasteiger charge is -2.11. The quantitative estimate of drug-likeness (QED) is 0.346. The van der Waals surface area contributed by atoms with E-state index in [1.807, 2.05) is 42.5 Å². The van der Waals surface area contributed by atoms with Gasteiger partial charge in [0.15, 0.2) is 13.2 Å². The Labute approximate surface area is 172 Å². The number of anilines is 1. The van der Waals surface area contributed by atoms with Crippen LogP contribution in [0, 0.1) is 10.1 Å². The number of benzene rings is 3. The number of rotatable bonds is 8. The molecule has 0 aliphatic heterocycles. The highest BCUT2D eigenvalue weighted by atomic mass is 16.6. The van der Waals surface area contributed by atoms with Gasteiger partial charge in [-0.3, -0.25) is 14.9 Å². The van der Waals surface area contributed by atoms with E-state index in [9.17, 15) is 19.7 Å². The first kappa shape index (κ1) is 20.5. The Kier molecular flexibility index (Phi) is 6.73. The van der Waals surface area contributed by atoms with Gasteiger partial charge in [0.25, 0.3) is 11.6 Å². The first-order valence-electron chi connectivity index (χ1n) is 9.01. The highest BCUT2D eigenvalue weighted by Crippen LogP contribution is 2.29. The monoisotopic (exact) mass is 406 g/mol. The van der Waals surface area contributed by atoms with E-state index in [-0.39, 0.29) is 18.0 Å². The number of amides is 1. The Morgan fingerprint density at radius 2 is 1.53 bits per heavy atom. The molecule has 0 heterocycles. The number of hydrogen-bond acceptors (Lipinski definition) is 6. The predicted molar refractivity (Wildman–Crippen MR) is 110 cm³/mol. The second kappa shape index (κ2) is 9.83. The summed E-state index contributed by atoms with van der Waals surface area (Å²) >= 11 is 0. The van der Waals surface area contributed by atoms with Crippen LogP contribution in [0.5, 0.6) is 5.75 Å². The lowest BCUT2D eigenvalue weighted by molar-refractivity contribution is -0.383. The maximum absolute atomic E-state index is 12.0. The average Bonchev–Trinajstić information content (AvgIpc) is 2.77. The summed E-state index contributed by atoms with van der Waals surface area (Å²) in [6.07, 6.45) is 0. The van der Waals surface area contributed by atoms with Gasteiger partial charge >= 0.3 is 5.97 Å². The number of nitro groups is 1. The van der Waals surface area contributed by atoms with E-state index in [1.165, 1.54) is 18.2 Å². The molecule has 0 spiro atoms. The van der Waals surface area contributed by atoms with Crippen molar-refractivity contribution in [3.8, 4) is 16.9 Å². The molecule has 3 aromatic rings. The van der Waals surface area contributed by atoms with Gasteiger partial charge in [-0.25, -0.2) is 4.79 Å². The molecule has 0 radical (unpaired) electrons. The number of nitro benzene ring substituents is 1. The van der Waals surface area contributed by atoms with E-state index in [4.69, 9.17) is 9.47 Å². The van der Waals surface area contributed by atoms with Crippen LogP contribution in [0.1, 0.15) is 0 Å². The van der Waals surface area contributed by atoms with Gasteiger partial charge in [-0.2, -0.15) is 0 Å². The van der Waals surface area contributed by atoms with Crippen LogP contribution in [-0.2, 0) is 14.3 Å². The van der Waals surface area contributed by atoms with Crippen molar-refractivity contribution in [3.63, 3.8) is 0 Å². The largest absolute Gasteiger partial charge is 0.481 e. The van der Waals surface area contributed by atoms with Crippen LogP contribution in [0.3, 0.4) is 0 Å². The molecule has 8 nitrogen and oxygen atoms in total. The van der Waals surface area contributed by atoms with Gasteiger partial charge in [-0.05, 0) is 17.7 Å². The molecule has 3 rings (SSSR count). The number of para-hydroxylation sites is 3. The summed E-state index contributed by atoms with van der Waals surface area (Å²) < 4.78 is 10.5. The number of nitrogens with zero attached hydrogens (tertiary/aromatic N) is 1. The summed E-state index contributed by atoms with van der Waals surface area (Å²) in [5.74, 6) is -0.928. The minimum Gasteiger partial charge on any atom is -0.481 e. The second-order valence-electron chi connectivity index (χ2n) is 6.13. The number of carbonyl (C=O) groups is 2. The first-order chi connectivity index (χ1) is 14.5. The Hall–Kier alpha value is -4.20. The fourth-order valence-electron chi connectivity index (χ4n) is 2.70. The topological polar surface area (TPSA) is 108 Å². The van der Waals surface area contributed by atoms with E-state index in [2.05, 4.69) is 5.32 Å². The van der Waals surface area contributed by atoms with Gasteiger partial charge in [0.1, 0.15) is 11.4 Å². The molecule has 30 heavy (non-hydrogen) atoms. The molecule has 0 atom stereocenters. The molecule has 0 saturated carbocycles. The second-order valence-corrected chi connectivity index (χ2v) is 6.13. The van der Waals surface area contributed by atoms with Crippen molar-refractivity contribution >= 4 is 23.3 Å². The van der Waals surface area contributed by atoms with E-state index in [1.54, 1.807) is 18.2 Å². The lowest BCUT2D eigenvalue weighted by Crippen LogP contribution is -2.24. The summed E-state index contributed by atoms with van der Waals surface area (Å²) in [5, 5.41) is 13.3. The third-order valence-electron chi connectivity index (χ3n) is 4.06. The predicted octanol–water partition coefficient (Wildman–Crippen LogP) is 3.82. The van der Waals surface area contributed by atoms with Crippen LogP contribution < -0.4 is 10.1 Å². The van der Waals surface area contributed by atoms with Crippen molar-refractivity contribution in [2.45, 2.75) is 0 Å². The fraction of sp³-hybridized carbons (Fsp3) is 0.0909. The molecule has 0 saturated heterocycles. The van der Waals surface area contributed by atoms with Crippen LogP contribution in [0.25, 0.3) is 11.1 Å². The molecule has 0 aliphatic carbocycles. The molecule has 0 bridgehead atoms. The maximum atomic E-state index is 12.0. The van der Waals surface area contributed by atoms with Crippen LogP contribution in [0.2, 0.25) is 0 Å². The third-order valence-corrected chi connectivity index (χ3v) is 4.06. The van der Waals surface area contributed by atoms with Gasteiger partial charge < -0.3 is 14.8 Å². The minimum atomic E-state index is -0.740. The summed E-state index contributed by atoms with van der Waals surface area (Å²) in [6, 6.07) is 22.5. The molecular formula is C22H18N2O6. The zero-order valence-electron chi connectivity index (χ0n) is 15.8. The number of nitrogens with one attached hydrogen (secondary N) is 1. The van der Waals surface area contributed by atoms with Crippen LogP contribution in [0.4, 0.5) is 11.4 Å². The Bertz CT molecular complexity index is 1050. The van der Waals surface area contributed by atoms with Crippen LogP contribution >= 0.6 is 0 Å². The Morgan fingerprint density at radius 3 is 2.30 bits per heavy atom. The van der Waals surface area contributed by atoms with Gasteiger partial charge in [0.05, 0.1) is 4.92 Å². The Morgan fingerprint density at radius 1 is 0.867 bits per heavy atom. The number of carbonyl (C=O) groups excluding carboxylic acids is 2. The summed E-state index contributed by atoms with van der Waals surface area (Å²) in [4.78, 5) is 34.3. The SMILES string of the molecule is O=C(COC(=O)COc1ccccc1-c1ccccc1)Nc1ccccc1[N+](=O)[O-]. The Balaban J connectivity index is 1.53. The van der Waals surface area contributed by atoms with Gasteiger partial charge in [0.2, 0.25) is 0 Å². The van der Waals surface area contributed by atoms with E-state index >= 15 is 0 Å². The molecule has 1 amide bonds. The van der Waals surface area contributed by atoms with Gasteiger partial charge in [0, 0.05) is 11.6 Å². The third kappa shape index (κ3) is 5.41. The molecular weight excluding hydrogens is 388 g/mol. The van der Waals surface area contributed by atoms with Crippen molar-refractivity contribution in [3.05, 3.63) is 89.0 Å². The highest BCUT2D eigenvalue weighted by Gasteiger charge is 2.16. The summed E-state index contributed by atoms with van der Waals surface area (Å²) in [6.45, 7) is -0.975. The molecule has 0 aromatic heterocycles. The van der Waals surface area contributed by atoms with E-state index < -0.39 is 23.4 Å². The molecule has 3 aromatic carbocycles.